The summed E-state index contributed by atoms with van der Waals surface area (Å²) in [4.78, 5) is 10.9. The summed E-state index contributed by atoms with van der Waals surface area (Å²) in [5, 5.41) is 6.49. The number of hydrogen-bond acceptors (Lipinski definition) is 3. The van der Waals surface area contributed by atoms with E-state index in [-0.39, 0.29) is 11.9 Å². The summed E-state index contributed by atoms with van der Waals surface area (Å²) >= 11 is 1.82. The molecule has 2 aliphatic heterocycles. The van der Waals surface area contributed by atoms with Gasteiger partial charge in [-0.05, 0) is 0 Å². The molecular formula is C5H8N2OS. The van der Waals surface area contributed by atoms with Gasteiger partial charge in [0.2, 0.25) is 5.91 Å². The van der Waals surface area contributed by atoms with Crippen LogP contribution in [0.25, 0.3) is 0 Å². The van der Waals surface area contributed by atoms with Crippen LogP contribution < -0.4 is 10.6 Å². The summed E-state index contributed by atoms with van der Waals surface area (Å²) in [6.07, 6.45) is 0. The first-order chi connectivity index (χ1) is 4.36. The predicted molar refractivity (Wildman–Crippen MR) is 36.2 cm³/mol. The Kier molecular flexibility index (Phi) is 1.16. The lowest BCUT2D eigenvalue weighted by Crippen LogP contribution is -2.53. The number of hydrogen-bond donors (Lipinski definition) is 2. The quantitative estimate of drug-likeness (QED) is 0.465. The first-order valence-electron chi connectivity index (χ1n) is 3.01. The zero-order chi connectivity index (χ0) is 6.27. The molecule has 2 saturated heterocycles. The minimum Gasteiger partial charge on any atom is -0.352 e. The first kappa shape index (κ1) is 5.56. The van der Waals surface area contributed by atoms with Gasteiger partial charge in [-0.15, -0.1) is 11.8 Å². The third kappa shape index (κ3) is 0.822. The van der Waals surface area contributed by atoms with Gasteiger partial charge in [0.1, 0.15) is 0 Å². The fourth-order valence-corrected chi connectivity index (χ4v) is 2.25. The van der Waals surface area contributed by atoms with Crippen LogP contribution in [0.2, 0.25) is 0 Å². The molecule has 2 N–H and O–H groups in total. The minimum absolute atomic E-state index is 0.0914. The van der Waals surface area contributed by atoms with E-state index < -0.39 is 0 Å². The molecular weight excluding hydrogens is 136 g/mol. The van der Waals surface area contributed by atoms with E-state index in [9.17, 15) is 4.79 Å². The van der Waals surface area contributed by atoms with Crippen LogP contribution in [0.15, 0.2) is 0 Å². The number of piperazine rings is 1. The predicted octanol–water partition coefficient (Wildman–Crippen LogP) is -0.853. The van der Waals surface area contributed by atoms with E-state index in [0.717, 1.165) is 12.3 Å². The molecule has 50 valence electrons. The highest BCUT2D eigenvalue weighted by atomic mass is 32.2. The van der Waals surface area contributed by atoms with Gasteiger partial charge in [0.25, 0.3) is 0 Å². The van der Waals surface area contributed by atoms with Crippen LogP contribution in [0.4, 0.5) is 0 Å². The number of fused-ring (bicyclic) bond motifs is 2. The van der Waals surface area contributed by atoms with E-state index in [0.29, 0.717) is 5.37 Å². The lowest BCUT2D eigenvalue weighted by atomic mass is 10.2. The Hall–Kier alpha value is -0.220. The summed E-state index contributed by atoms with van der Waals surface area (Å²) in [6.45, 7) is 0.792. The summed E-state index contributed by atoms with van der Waals surface area (Å²) in [5.41, 5.74) is 0. The highest BCUT2D eigenvalue weighted by Crippen LogP contribution is 2.20. The standard InChI is InChI=1S/C5H8N2OS/c8-5-3-2-9-4(7-3)1-6-5/h3-4,7H,1-2H2,(H,6,8). The third-order valence-electron chi connectivity index (χ3n) is 1.63. The molecule has 0 spiro atoms. The normalized spacial score (nSPS) is 40.7. The topological polar surface area (TPSA) is 41.1 Å². The fourth-order valence-electron chi connectivity index (χ4n) is 1.12. The number of nitrogens with one attached hydrogen (secondary N) is 2. The minimum atomic E-state index is 0.0914. The molecule has 0 aliphatic carbocycles. The molecule has 2 aliphatic rings. The highest BCUT2D eigenvalue weighted by Gasteiger charge is 2.33. The van der Waals surface area contributed by atoms with Crippen LogP contribution in [-0.4, -0.2) is 29.6 Å². The summed E-state index contributed by atoms with van der Waals surface area (Å²) in [7, 11) is 0. The fraction of sp³-hybridized carbons (Fsp3) is 0.800. The molecule has 0 aromatic carbocycles. The van der Waals surface area contributed by atoms with Crippen molar-refractivity contribution in [1.82, 2.24) is 10.6 Å². The van der Waals surface area contributed by atoms with Gasteiger partial charge in [0.05, 0.1) is 11.4 Å². The average Bonchev–Trinajstić information content (AvgIpc) is 2.25. The molecule has 0 aromatic rings. The maximum Gasteiger partial charge on any atom is 0.238 e. The van der Waals surface area contributed by atoms with Crippen LogP contribution >= 0.6 is 11.8 Å². The van der Waals surface area contributed by atoms with E-state index in [1.54, 1.807) is 0 Å². The Bertz CT molecular complexity index is 150. The number of thioether (sulfide) groups is 1. The highest BCUT2D eigenvalue weighted by molar-refractivity contribution is 8.00. The third-order valence-corrected chi connectivity index (χ3v) is 2.86. The molecule has 2 atom stereocenters. The Balaban J connectivity index is 2.14. The number of amides is 1. The first-order valence-corrected chi connectivity index (χ1v) is 4.06. The summed E-state index contributed by atoms with van der Waals surface area (Å²) in [6, 6.07) is 0.0914. The van der Waals surface area contributed by atoms with Crippen molar-refractivity contribution in [1.29, 1.82) is 0 Å². The Morgan fingerprint density at radius 1 is 1.67 bits per heavy atom. The zero-order valence-electron chi connectivity index (χ0n) is 4.89. The van der Waals surface area contributed by atoms with Crippen molar-refractivity contribution in [3.8, 4) is 0 Å². The van der Waals surface area contributed by atoms with Gasteiger partial charge in [-0.25, -0.2) is 0 Å². The molecule has 2 unspecified atom stereocenters. The summed E-state index contributed by atoms with van der Waals surface area (Å²) < 4.78 is 0. The lowest BCUT2D eigenvalue weighted by Gasteiger charge is -2.19. The molecule has 3 nitrogen and oxygen atoms in total. The van der Waals surface area contributed by atoms with E-state index >= 15 is 0 Å². The molecule has 2 heterocycles. The Morgan fingerprint density at radius 3 is 3.33 bits per heavy atom. The second-order valence-electron chi connectivity index (χ2n) is 2.29. The van der Waals surface area contributed by atoms with Crippen molar-refractivity contribution in [3.05, 3.63) is 0 Å². The molecule has 2 rings (SSSR count). The Labute approximate surface area is 57.6 Å². The maximum atomic E-state index is 10.9. The van der Waals surface area contributed by atoms with Gasteiger partial charge in [-0.2, -0.15) is 0 Å². The van der Waals surface area contributed by atoms with E-state index in [2.05, 4.69) is 10.6 Å². The van der Waals surface area contributed by atoms with Crippen molar-refractivity contribution in [2.45, 2.75) is 11.4 Å². The SMILES string of the molecule is O=C1NCC2NC1CS2. The van der Waals surface area contributed by atoms with Gasteiger partial charge < -0.3 is 5.32 Å². The van der Waals surface area contributed by atoms with Crippen LogP contribution in [0, 0.1) is 0 Å². The molecule has 0 radical (unpaired) electrons. The van der Waals surface area contributed by atoms with Gasteiger partial charge in [-0.1, -0.05) is 0 Å². The van der Waals surface area contributed by atoms with Gasteiger partial charge in [0, 0.05) is 12.3 Å². The van der Waals surface area contributed by atoms with Crippen LogP contribution in [0.3, 0.4) is 0 Å². The van der Waals surface area contributed by atoms with E-state index in [1.165, 1.54) is 0 Å². The largest absolute Gasteiger partial charge is 0.352 e. The van der Waals surface area contributed by atoms with Crippen LogP contribution in [0.1, 0.15) is 0 Å². The average molecular weight is 144 g/mol. The van der Waals surface area contributed by atoms with Gasteiger partial charge in [-0.3, -0.25) is 10.1 Å². The molecule has 9 heavy (non-hydrogen) atoms. The van der Waals surface area contributed by atoms with Crippen molar-refractivity contribution < 1.29 is 4.79 Å². The van der Waals surface area contributed by atoms with E-state index in [4.69, 9.17) is 0 Å². The number of rotatable bonds is 0. The van der Waals surface area contributed by atoms with Crippen LogP contribution in [-0.2, 0) is 4.79 Å². The smallest absolute Gasteiger partial charge is 0.238 e. The van der Waals surface area contributed by atoms with Gasteiger partial charge >= 0.3 is 0 Å². The maximum absolute atomic E-state index is 10.9. The number of carbonyl (C=O) groups is 1. The number of carbonyl (C=O) groups excluding carboxylic acids is 1. The molecule has 0 saturated carbocycles. The Morgan fingerprint density at radius 2 is 2.56 bits per heavy atom. The second-order valence-corrected chi connectivity index (χ2v) is 3.52. The monoisotopic (exact) mass is 144 g/mol. The molecule has 0 aromatic heterocycles. The molecule has 2 fully saturated rings. The van der Waals surface area contributed by atoms with Crippen molar-refractivity contribution >= 4 is 17.7 Å². The van der Waals surface area contributed by atoms with Crippen molar-refractivity contribution in [2.75, 3.05) is 12.3 Å². The molecule has 4 heteroatoms. The second kappa shape index (κ2) is 1.88. The van der Waals surface area contributed by atoms with Crippen LogP contribution in [0.5, 0.6) is 0 Å². The van der Waals surface area contributed by atoms with Crippen molar-refractivity contribution in [3.63, 3.8) is 0 Å². The molecule has 1 amide bonds. The molecule has 2 bridgehead atoms. The zero-order valence-corrected chi connectivity index (χ0v) is 5.70. The van der Waals surface area contributed by atoms with Gasteiger partial charge in [0.15, 0.2) is 0 Å². The van der Waals surface area contributed by atoms with Crippen molar-refractivity contribution in [2.24, 2.45) is 0 Å². The summed E-state index contributed by atoms with van der Waals surface area (Å²) in [5.74, 6) is 1.10. The lowest BCUT2D eigenvalue weighted by molar-refractivity contribution is -0.123. The van der Waals surface area contributed by atoms with E-state index in [1.807, 2.05) is 11.8 Å².